The minimum atomic E-state index is -0.394. The van der Waals surface area contributed by atoms with Crippen LogP contribution in [0.3, 0.4) is 0 Å². The zero-order valence-electron chi connectivity index (χ0n) is 11.3. The average Bonchev–Trinajstić information content (AvgIpc) is 2.92. The third-order valence-corrected chi connectivity index (χ3v) is 3.74. The highest BCUT2D eigenvalue weighted by Crippen LogP contribution is 2.30. The van der Waals surface area contributed by atoms with E-state index in [2.05, 4.69) is 11.1 Å². The van der Waals surface area contributed by atoms with Crippen LogP contribution in [0, 0.1) is 11.3 Å². The summed E-state index contributed by atoms with van der Waals surface area (Å²) < 4.78 is 5.76. The fraction of sp³-hybridized carbons (Fsp3) is 0.333. The quantitative estimate of drug-likeness (QED) is 0.923. The molecule has 21 heavy (non-hydrogen) atoms. The molecule has 2 aromatic rings. The lowest BCUT2D eigenvalue weighted by Crippen LogP contribution is -2.38. The van der Waals surface area contributed by atoms with Crippen LogP contribution in [-0.4, -0.2) is 29.3 Å². The number of anilines is 1. The molecule has 0 spiro atoms. The Morgan fingerprint density at radius 1 is 1.38 bits per heavy atom. The lowest BCUT2D eigenvalue weighted by molar-refractivity contribution is 0.152. The molecule has 0 bridgehead atoms. The number of nitriles is 1. The van der Waals surface area contributed by atoms with E-state index in [1.54, 1.807) is 24.3 Å². The molecule has 2 heterocycles. The largest absolute Gasteiger partial charge is 0.419 e. The van der Waals surface area contributed by atoms with Crippen LogP contribution in [-0.2, 0) is 0 Å². The summed E-state index contributed by atoms with van der Waals surface area (Å²) >= 11 is 5.86. The van der Waals surface area contributed by atoms with Crippen LogP contribution in [0.5, 0.6) is 0 Å². The molecule has 5 nitrogen and oxygen atoms in total. The van der Waals surface area contributed by atoms with Gasteiger partial charge in [0.05, 0.1) is 6.10 Å². The molecule has 108 valence electrons. The van der Waals surface area contributed by atoms with Gasteiger partial charge < -0.3 is 14.4 Å². The fourth-order valence-corrected chi connectivity index (χ4v) is 2.58. The molecule has 1 aromatic carbocycles. The summed E-state index contributed by atoms with van der Waals surface area (Å²) in [6.45, 7) is 1.21. The molecule has 1 aromatic heterocycles. The van der Waals surface area contributed by atoms with Crippen LogP contribution in [0.15, 0.2) is 28.7 Å². The molecule has 0 saturated carbocycles. The van der Waals surface area contributed by atoms with Crippen LogP contribution >= 0.6 is 11.6 Å². The summed E-state index contributed by atoms with van der Waals surface area (Å²) in [5, 5.41) is 19.6. The van der Waals surface area contributed by atoms with E-state index in [0.29, 0.717) is 23.3 Å². The summed E-state index contributed by atoms with van der Waals surface area (Å²) in [5.41, 5.74) is 1.01. The standard InChI is InChI=1S/C15H14ClN3O2/c16-11-5-3-10(4-6-11)14-18-13(8-17)15(21-14)19-7-1-2-12(20)9-19/h3-6,12,20H,1-2,7,9H2/t12-/m0/s1. The maximum atomic E-state index is 9.76. The molecule has 1 fully saturated rings. The Balaban J connectivity index is 1.95. The number of nitrogens with zero attached hydrogens (tertiary/aromatic N) is 3. The van der Waals surface area contributed by atoms with Gasteiger partial charge in [0.15, 0.2) is 0 Å². The smallest absolute Gasteiger partial charge is 0.235 e. The molecule has 1 aliphatic heterocycles. The Morgan fingerprint density at radius 3 is 2.81 bits per heavy atom. The second-order valence-corrected chi connectivity index (χ2v) is 5.47. The maximum Gasteiger partial charge on any atom is 0.235 e. The molecule has 1 atom stereocenters. The van der Waals surface area contributed by atoms with Gasteiger partial charge in [0, 0.05) is 23.7 Å². The molecular weight excluding hydrogens is 290 g/mol. The van der Waals surface area contributed by atoms with Crippen LogP contribution in [0.1, 0.15) is 18.5 Å². The van der Waals surface area contributed by atoms with Crippen LogP contribution < -0.4 is 4.90 Å². The van der Waals surface area contributed by atoms with Crippen molar-refractivity contribution in [2.24, 2.45) is 0 Å². The monoisotopic (exact) mass is 303 g/mol. The van der Waals surface area contributed by atoms with Crippen molar-refractivity contribution < 1.29 is 9.52 Å². The Hall–Kier alpha value is -2.03. The van der Waals surface area contributed by atoms with Crippen molar-refractivity contribution in [3.05, 3.63) is 35.0 Å². The first kappa shape index (κ1) is 13.9. The predicted octanol–water partition coefficient (Wildman–Crippen LogP) is 2.83. The van der Waals surface area contributed by atoms with Gasteiger partial charge >= 0.3 is 0 Å². The minimum Gasteiger partial charge on any atom is -0.419 e. The highest BCUT2D eigenvalue weighted by Gasteiger charge is 2.25. The van der Waals surface area contributed by atoms with Gasteiger partial charge in [-0.1, -0.05) is 11.6 Å². The molecule has 1 aliphatic rings. The highest BCUT2D eigenvalue weighted by molar-refractivity contribution is 6.30. The number of oxazole rings is 1. The van der Waals surface area contributed by atoms with E-state index in [0.717, 1.165) is 24.9 Å². The molecule has 0 amide bonds. The van der Waals surface area contributed by atoms with E-state index in [-0.39, 0.29) is 5.69 Å². The van der Waals surface area contributed by atoms with Gasteiger partial charge in [-0.3, -0.25) is 0 Å². The van der Waals surface area contributed by atoms with Crippen molar-refractivity contribution in [3.8, 4) is 17.5 Å². The summed E-state index contributed by atoms with van der Waals surface area (Å²) in [6, 6.07) is 9.14. The van der Waals surface area contributed by atoms with Crippen LogP contribution in [0.2, 0.25) is 5.02 Å². The van der Waals surface area contributed by atoms with Gasteiger partial charge in [-0.25, -0.2) is 0 Å². The van der Waals surface area contributed by atoms with Crippen LogP contribution in [0.4, 0.5) is 5.88 Å². The van der Waals surface area contributed by atoms with Crippen molar-refractivity contribution >= 4 is 17.5 Å². The highest BCUT2D eigenvalue weighted by atomic mass is 35.5. The summed E-state index contributed by atoms with van der Waals surface area (Å²) in [6.07, 6.45) is 1.24. The third-order valence-electron chi connectivity index (χ3n) is 3.49. The predicted molar refractivity (Wildman–Crippen MR) is 79.1 cm³/mol. The minimum absolute atomic E-state index is 0.244. The SMILES string of the molecule is N#Cc1nc(-c2ccc(Cl)cc2)oc1N1CCC[C@H](O)C1. The maximum absolute atomic E-state index is 9.76. The molecule has 1 saturated heterocycles. The van der Waals surface area contributed by atoms with Gasteiger partial charge in [0.1, 0.15) is 6.07 Å². The lowest BCUT2D eigenvalue weighted by atomic mass is 10.1. The lowest BCUT2D eigenvalue weighted by Gasteiger charge is -2.29. The van der Waals surface area contributed by atoms with Gasteiger partial charge in [0.25, 0.3) is 0 Å². The van der Waals surface area contributed by atoms with E-state index in [1.807, 2.05) is 4.90 Å². The van der Waals surface area contributed by atoms with Crippen molar-refractivity contribution in [1.29, 1.82) is 5.26 Å². The zero-order chi connectivity index (χ0) is 14.8. The molecular formula is C15H14ClN3O2. The molecule has 0 radical (unpaired) electrons. The van der Waals surface area contributed by atoms with Crippen molar-refractivity contribution in [2.45, 2.75) is 18.9 Å². The van der Waals surface area contributed by atoms with E-state index in [1.165, 1.54) is 0 Å². The number of hydrogen-bond donors (Lipinski definition) is 1. The van der Waals surface area contributed by atoms with Crippen molar-refractivity contribution in [3.63, 3.8) is 0 Å². The van der Waals surface area contributed by atoms with Gasteiger partial charge in [0.2, 0.25) is 17.5 Å². The Labute approximate surface area is 127 Å². The second-order valence-electron chi connectivity index (χ2n) is 5.03. The average molecular weight is 304 g/mol. The number of aliphatic hydroxyl groups excluding tert-OH is 1. The third kappa shape index (κ3) is 2.87. The summed E-state index contributed by atoms with van der Waals surface area (Å²) in [4.78, 5) is 6.11. The number of aliphatic hydroxyl groups is 1. The van der Waals surface area contributed by atoms with Gasteiger partial charge in [-0.2, -0.15) is 10.2 Å². The first-order chi connectivity index (χ1) is 10.2. The number of hydrogen-bond acceptors (Lipinski definition) is 5. The van der Waals surface area contributed by atoms with E-state index in [4.69, 9.17) is 16.0 Å². The number of rotatable bonds is 2. The molecule has 0 aliphatic carbocycles. The second kappa shape index (κ2) is 5.76. The number of benzene rings is 1. The number of piperidine rings is 1. The van der Waals surface area contributed by atoms with E-state index >= 15 is 0 Å². The number of β-amino-alcohol motifs (C(OH)–C–C–N with tert-alkyl or cyclic N) is 1. The first-order valence-corrected chi connectivity index (χ1v) is 7.15. The first-order valence-electron chi connectivity index (χ1n) is 6.77. The normalized spacial score (nSPS) is 18.5. The fourth-order valence-electron chi connectivity index (χ4n) is 2.45. The zero-order valence-corrected chi connectivity index (χ0v) is 12.0. The van der Waals surface area contributed by atoms with Crippen molar-refractivity contribution in [1.82, 2.24) is 4.98 Å². The molecule has 0 unspecified atom stereocenters. The van der Waals surface area contributed by atoms with E-state index in [9.17, 15) is 10.4 Å². The van der Waals surface area contributed by atoms with E-state index < -0.39 is 6.10 Å². The number of aromatic nitrogens is 1. The molecule has 6 heteroatoms. The van der Waals surface area contributed by atoms with Crippen LogP contribution in [0.25, 0.3) is 11.5 Å². The number of halogens is 1. The van der Waals surface area contributed by atoms with Gasteiger partial charge in [-0.05, 0) is 37.1 Å². The topological polar surface area (TPSA) is 73.3 Å². The summed E-state index contributed by atoms with van der Waals surface area (Å²) in [5.74, 6) is 0.819. The Kier molecular flexibility index (Phi) is 3.82. The molecule has 3 rings (SSSR count). The Bertz CT molecular complexity index is 675. The Morgan fingerprint density at radius 2 is 2.14 bits per heavy atom. The van der Waals surface area contributed by atoms with Crippen molar-refractivity contribution in [2.75, 3.05) is 18.0 Å². The summed E-state index contributed by atoms with van der Waals surface area (Å²) in [7, 11) is 0. The molecule has 1 N–H and O–H groups in total. The van der Waals surface area contributed by atoms with Gasteiger partial charge in [-0.15, -0.1) is 0 Å².